The molecule has 0 heterocycles. The number of hydrogen-bond acceptors (Lipinski definition) is 2. The Morgan fingerprint density at radius 2 is 1.88 bits per heavy atom. The number of carboxylic acid groups (broad SMARTS) is 1. The molecule has 1 atom stereocenters. The van der Waals surface area contributed by atoms with Crippen LogP contribution in [0.3, 0.4) is 0 Å². The van der Waals surface area contributed by atoms with Crippen LogP contribution in [0.4, 0.5) is 10.1 Å². The lowest BCUT2D eigenvalue weighted by atomic mass is 9.97. The van der Waals surface area contributed by atoms with Crippen LogP contribution in [-0.2, 0) is 16.0 Å². The first-order valence-electron chi connectivity index (χ1n) is 7.80. The van der Waals surface area contributed by atoms with Crippen LogP contribution in [0.5, 0.6) is 0 Å². The third-order valence-corrected chi connectivity index (χ3v) is 3.77. The summed E-state index contributed by atoms with van der Waals surface area (Å²) in [6.07, 6.45) is 0.793. The van der Waals surface area contributed by atoms with Gasteiger partial charge in [0.1, 0.15) is 5.82 Å². The molecule has 0 saturated heterocycles. The number of anilines is 1. The van der Waals surface area contributed by atoms with Gasteiger partial charge in [0.2, 0.25) is 5.91 Å². The fourth-order valence-corrected chi connectivity index (χ4v) is 2.43. The first kappa shape index (κ1) is 17.7. The molecular formula is C19H20FNO3. The molecule has 0 aliphatic carbocycles. The summed E-state index contributed by atoms with van der Waals surface area (Å²) in [6.45, 7) is 1.88. The second-order valence-electron chi connectivity index (χ2n) is 5.80. The monoisotopic (exact) mass is 329 g/mol. The van der Waals surface area contributed by atoms with Gasteiger partial charge >= 0.3 is 5.97 Å². The van der Waals surface area contributed by atoms with Crippen LogP contribution in [0.1, 0.15) is 36.8 Å². The SMILES string of the molecule is CC(CC(=O)Nc1ccc(CCC(=O)O)cc1)c1cccc(F)c1. The summed E-state index contributed by atoms with van der Waals surface area (Å²) in [5.74, 6) is -1.38. The summed E-state index contributed by atoms with van der Waals surface area (Å²) in [6, 6.07) is 13.4. The van der Waals surface area contributed by atoms with Crippen molar-refractivity contribution in [2.75, 3.05) is 5.32 Å². The van der Waals surface area contributed by atoms with Crippen LogP contribution >= 0.6 is 0 Å². The lowest BCUT2D eigenvalue weighted by Gasteiger charge is -2.12. The van der Waals surface area contributed by atoms with Crippen LogP contribution < -0.4 is 5.32 Å². The number of amides is 1. The van der Waals surface area contributed by atoms with Gasteiger partial charge in [-0.05, 0) is 47.7 Å². The van der Waals surface area contributed by atoms with E-state index < -0.39 is 5.97 Å². The van der Waals surface area contributed by atoms with Crippen molar-refractivity contribution in [2.24, 2.45) is 0 Å². The number of halogens is 1. The minimum atomic E-state index is -0.835. The molecule has 0 radical (unpaired) electrons. The molecule has 24 heavy (non-hydrogen) atoms. The van der Waals surface area contributed by atoms with Crippen molar-refractivity contribution in [1.29, 1.82) is 0 Å². The number of aryl methyl sites for hydroxylation is 1. The Hall–Kier alpha value is -2.69. The zero-order valence-electron chi connectivity index (χ0n) is 13.5. The number of benzene rings is 2. The quantitative estimate of drug-likeness (QED) is 0.807. The highest BCUT2D eigenvalue weighted by Crippen LogP contribution is 2.21. The summed E-state index contributed by atoms with van der Waals surface area (Å²) in [5, 5.41) is 11.5. The van der Waals surface area contributed by atoms with E-state index in [1.807, 2.05) is 6.92 Å². The van der Waals surface area contributed by atoms with Crippen molar-refractivity contribution in [3.63, 3.8) is 0 Å². The molecular weight excluding hydrogens is 309 g/mol. The predicted octanol–water partition coefficient (Wildman–Crippen LogP) is 3.98. The second kappa shape index (κ2) is 8.24. The fraction of sp³-hybridized carbons (Fsp3) is 0.263. The number of carbonyl (C=O) groups excluding carboxylic acids is 1. The Labute approximate surface area is 140 Å². The maximum absolute atomic E-state index is 13.2. The van der Waals surface area contributed by atoms with Crippen molar-refractivity contribution >= 4 is 17.6 Å². The first-order chi connectivity index (χ1) is 11.4. The van der Waals surface area contributed by atoms with Crippen molar-refractivity contribution in [1.82, 2.24) is 0 Å². The summed E-state index contributed by atoms with van der Waals surface area (Å²) >= 11 is 0. The normalized spacial score (nSPS) is 11.8. The molecule has 2 aromatic rings. The van der Waals surface area contributed by atoms with Gasteiger partial charge in [-0.3, -0.25) is 9.59 Å². The second-order valence-corrected chi connectivity index (χ2v) is 5.80. The average Bonchev–Trinajstić information content (AvgIpc) is 2.54. The van der Waals surface area contributed by atoms with Gasteiger partial charge in [0.05, 0.1) is 0 Å². The number of carbonyl (C=O) groups is 2. The Balaban J connectivity index is 1.88. The summed E-state index contributed by atoms with van der Waals surface area (Å²) in [7, 11) is 0. The molecule has 5 heteroatoms. The summed E-state index contributed by atoms with van der Waals surface area (Å²) in [4.78, 5) is 22.6. The van der Waals surface area contributed by atoms with Crippen LogP contribution in [0.15, 0.2) is 48.5 Å². The van der Waals surface area contributed by atoms with Crippen molar-refractivity contribution in [3.8, 4) is 0 Å². The predicted molar refractivity (Wildman–Crippen MR) is 90.5 cm³/mol. The van der Waals surface area contributed by atoms with Crippen LogP contribution in [0.2, 0.25) is 0 Å². The highest BCUT2D eigenvalue weighted by Gasteiger charge is 2.12. The van der Waals surface area contributed by atoms with Crippen molar-refractivity contribution in [3.05, 3.63) is 65.5 Å². The zero-order valence-corrected chi connectivity index (χ0v) is 13.5. The van der Waals surface area contributed by atoms with E-state index in [4.69, 9.17) is 5.11 Å². The van der Waals surface area contributed by atoms with Crippen LogP contribution in [-0.4, -0.2) is 17.0 Å². The Bertz CT molecular complexity index is 713. The van der Waals surface area contributed by atoms with Gasteiger partial charge in [0.25, 0.3) is 0 Å². The minimum Gasteiger partial charge on any atom is -0.481 e. The van der Waals surface area contributed by atoms with E-state index in [1.54, 1.807) is 36.4 Å². The van der Waals surface area contributed by atoms with E-state index in [2.05, 4.69) is 5.32 Å². The smallest absolute Gasteiger partial charge is 0.303 e. The molecule has 0 aromatic heterocycles. The maximum Gasteiger partial charge on any atom is 0.303 e. The van der Waals surface area contributed by atoms with Gasteiger partial charge in [-0.1, -0.05) is 31.2 Å². The van der Waals surface area contributed by atoms with E-state index >= 15 is 0 Å². The van der Waals surface area contributed by atoms with Gasteiger partial charge in [0.15, 0.2) is 0 Å². The Morgan fingerprint density at radius 3 is 2.50 bits per heavy atom. The number of aliphatic carboxylic acids is 1. The molecule has 1 amide bonds. The molecule has 0 fully saturated rings. The van der Waals surface area contributed by atoms with E-state index in [9.17, 15) is 14.0 Å². The molecule has 2 rings (SSSR count). The van der Waals surface area contributed by atoms with Crippen LogP contribution in [0, 0.1) is 5.82 Å². The largest absolute Gasteiger partial charge is 0.481 e. The Morgan fingerprint density at radius 1 is 1.17 bits per heavy atom. The van der Waals surface area contributed by atoms with E-state index in [-0.39, 0.29) is 30.5 Å². The van der Waals surface area contributed by atoms with Crippen molar-refractivity contribution < 1.29 is 19.1 Å². The summed E-state index contributed by atoms with van der Waals surface area (Å²) in [5.41, 5.74) is 2.35. The van der Waals surface area contributed by atoms with Gasteiger partial charge in [-0.15, -0.1) is 0 Å². The molecule has 0 aliphatic heterocycles. The molecule has 0 aliphatic rings. The molecule has 2 aromatic carbocycles. The number of hydrogen-bond donors (Lipinski definition) is 2. The number of rotatable bonds is 7. The lowest BCUT2D eigenvalue weighted by Crippen LogP contribution is -2.14. The molecule has 126 valence electrons. The van der Waals surface area contributed by atoms with Crippen LogP contribution in [0.25, 0.3) is 0 Å². The molecule has 0 spiro atoms. The van der Waals surface area contributed by atoms with Crippen molar-refractivity contribution in [2.45, 2.75) is 32.1 Å². The third-order valence-electron chi connectivity index (χ3n) is 3.77. The van der Waals surface area contributed by atoms with E-state index in [0.29, 0.717) is 12.1 Å². The highest BCUT2D eigenvalue weighted by molar-refractivity contribution is 5.91. The summed E-state index contributed by atoms with van der Waals surface area (Å²) < 4.78 is 13.2. The molecule has 1 unspecified atom stereocenters. The first-order valence-corrected chi connectivity index (χ1v) is 7.80. The average molecular weight is 329 g/mol. The van der Waals surface area contributed by atoms with E-state index in [1.165, 1.54) is 12.1 Å². The van der Waals surface area contributed by atoms with Gasteiger partial charge in [-0.2, -0.15) is 0 Å². The highest BCUT2D eigenvalue weighted by atomic mass is 19.1. The molecule has 4 nitrogen and oxygen atoms in total. The molecule has 0 bridgehead atoms. The zero-order chi connectivity index (χ0) is 17.5. The van der Waals surface area contributed by atoms with Gasteiger partial charge in [-0.25, -0.2) is 4.39 Å². The number of nitrogens with one attached hydrogen (secondary N) is 1. The maximum atomic E-state index is 13.2. The number of carboxylic acids is 1. The molecule has 0 saturated carbocycles. The lowest BCUT2D eigenvalue weighted by molar-refractivity contribution is -0.137. The standard InChI is InChI=1S/C19H20FNO3/c1-13(15-3-2-4-16(20)12-15)11-18(22)21-17-8-5-14(6-9-17)7-10-19(23)24/h2-6,8-9,12-13H,7,10-11H2,1H3,(H,21,22)(H,23,24). The van der Waals surface area contributed by atoms with Gasteiger partial charge < -0.3 is 10.4 Å². The third kappa shape index (κ3) is 5.50. The topological polar surface area (TPSA) is 66.4 Å². The van der Waals surface area contributed by atoms with Gasteiger partial charge in [0, 0.05) is 18.5 Å². The Kier molecular flexibility index (Phi) is 6.07. The van der Waals surface area contributed by atoms with E-state index in [0.717, 1.165) is 11.1 Å². The fourth-order valence-electron chi connectivity index (χ4n) is 2.43. The minimum absolute atomic E-state index is 0.0802. The molecule has 2 N–H and O–H groups in total.